The van der Waals surface area contributed by atoms with Crippen molar-refractivity contribution >= 4 is 34.7 Å². The summed E-state index contributed by atoms with van der Waals surface area (Å²) in [7, 11) is 3.20. The van der Waals surface area contributed by atoms with Crippen LogP contribution in [0.5, 0.6) is 11.5 Å². The van der Waals surface area contributed by atoms with Crippen LogP contribution >= 0.6 is 23.1 Å². The molecule has 7 heteroatoms. The van der Waals surface area contributed by atoms with E-state index in [0.29, 0.717) is 23.7 Å². The quantitative estimate of drug-likeness (QED) is 0.644. The lowest BCUT2D eigenvalue weighted by atomic mass is 10.2. The minimum Gasteiger partial charge on any atom is -0.493 e. The van der Waals surface area contributed by atoms with Crippen molar-refractivity contribution in [2.24, 2.45) is 0 Å². The van der Waals surface area contributed by atoms with Gasteiger partial charge in [0.1, 0.15) is 10.7 Å². The Hall–Kier alpha value is -2.51. The van der Waals surface area contributed by atoms with Crippen LogP contribution in [0.1, 0.15) is 10.5 Å². The van der Waals surface area contributed by atoms with E-state index in [1.807, 2.05) is 47.4 Å². The van der Waals surface area contributed by atoms with Gasteiger partial charge in [-0.05, 0) is 24.3 Å². The number of carbonyl (C=O) groups is 1. The molecule has 4 rings (SSSR count). The van der Waals surface area contributed by atoms with Crippen LogP contribution < -0.4 is 14.4 Å². The summed E-state index contributed by atoms with van der Waals surface area (Å²) < 4.78 is 10.9. The zero-order valence-corrected chi connectivity index (χ0v) is 16.6. The van der Waals surface area contributed by atoms with Gasteiger partial charge in [0, 0.05) is 22.6 Å². The van der Waals surface area contributed by atoms with Gasteiger partial charge in [-0.15, -0.1) is 23.1 Å². The first-order valence-electron chi connectivity index (χ1n) is 8.43. The molecule has 0 fully saturated rings. The first kappa shape index (κ1) is 17.9. The van der Waals surface area contributed by atoms with Crippen molar-refractivity contribution < 1.29 is 14.3 Å². The number of thiazole rings is 1. The van der Waals surface area contributed by atoms with Crippen molar-refractivity contribution in [3.63, 3.8) is 0 Å². The maximum absolute atomic E-state index is 13.1. The Morgan fingerprint density at radius 3 is 2.78 bits per heavy atom. The van der Waals surface area contributed by atoms with Crippen LogP contribution in [0.25, 0.3) is 10.6 Å². The Labute approximate surface area is 165 Å². The fourth-order valence-electron chi connectivity index (χ4n) is 3.07. The molecule has 2 heterocycles. The molecular weight excluding hydrogens is 380 g/mol. The summed E-state index contributed by atoms with van der Waals surface area (Å²) in [5.74, 6) is 2.06. The molecule has 2 aromatic carbocycles. The molecule has 0 saturated heterocycles. The van der Waals surface area contributed by atoms with Gasteiger partial charge < -0.3 is 14.4 Å². The number of fused-ring (bicyclic) bond motifs is 1. The number of hydrogen-bond donors (Lipinski definition) is 0. The van der Waals surface area contributed by atoms with Gasteiger partial charge in [-0.3, -0.25) is 4.79 Å². The number of rotatable bonds is 4. The molecule has 0 saturated carbocycles. The van der Waals surface area contributed by atoms with Crippen molar-refractivity contribution in [2.45, 2.75) is 4.90 Å². The summed E-state index contributed by atoms with van der Waals surface area (Å²) in [6, 6.07) is 13.6. The summed E-state index contributed by atoms with van der Waals surface area (Å²) in [5.41, 5.74) is 2.21. The third-order valence-electron chi connectivity index (χ3n) is 4.33. The molecule has 0 radical (unpaired) electrons. The number of aromatic nitrogens is 1. The van der Waals surface area contributed by atoms with E-state index in [4.69, 9.17) is 9.47 Å². The maximum Gasteiger partial charge on any atom is 0.277 e. The van der Waals surface area contributed by atoms with Crippen LogP contribution in [-0.2, 0) is 0 Å². The molecule has 138 valence electrons. The number of thioether (sulfide) groups is 1. The smallest absolute Gasteiger partial charge is 0.277 e. The van der Waals surface area contributed by atoms with E-state index in [2.05, 4.69) is 4.98 Å². The van der Waals surface area contributed by atoms with E-state index in [9.17, 15) is 4.79 Å². The van der Waals surface area contributed by atoms with Gasteiger partial charge >= 0.3 is 0 Å². The molecule has 1 aliphatic heterocycles. The molecule has 0 spiro atoms. The summed E-state index contributed by atoms with van der Waals surface area (Å²) in [6.07, 6.45) is 0. The van der Waals surface area contributed by atoms with E-state index in [1.54, 1.807) is 31.4 Å². The predicted octanol–water partition coefficient (Wildman–Crippen LogP) is 4.58. The minimum atomic E-state index is -0.0767. The third kappa shape index (κ3) is 3.28. The van der Waals surface area contributed by atoms with Gasteiger partial charge in [0.25, 0.3) is 5.91 Å². The fourth-order valence-corrected chi connectivity index (χ4v) is 4.88. The first-order chi connectivity index (χ1) is 13.2. The Balaban J connectivity index is 1.67. The summed E-state index contributed by atoms with van der Waals surface area (Å²) >= 11 is 3.20. The molecule has 1 amide bonds. The highest BCUT2D eigenvalue weighted by molar-refractivity contribution is 7.99. The van der Waals surface area contributed by atoms with Crippen LogP contribution in [0.2, 0.25) is 0 Å². The molecular formula is C20H18N2O3S2. The molecule has 0 N–H and O–H groups in total. The van der Waals surface area contributed by atoms with E-state index in [0.717, 1.165) is 26.9 Å². The molecule has 0 unspecified atom stereocenters. The molecule has 5 nitrogen and oxygen atoms in total. The van der Waals surface area contributed by atoms with Gasteiger partial charge in [0.05, 0.1) is 25.5 Å². The predicted molar refractivity (Wildman–Crippen MR) is 109 cm³/mol. The highest BCUT2D eigenvalue weighted by Gasteiger charge is 2.26. The highest BCUT2D eigenvalue weighted by atomic mass is 32.2. The van der Waals surface area contributed by atoms with Crippen molar-refractivity contribution in [1.82, 2.24) is 4.98 Å². The Kier molecular flexibility index (Phi) is 5.05. The Bertz CT molecular complexity index is 987. The van der Waals surface area contributed by atoms with E-state index in [1.165, 1.54) is 11.3 Å². The number of carbonyl (C=O) groups excluding carboxylic acids is 1. The Morgan fingerprint density at radius 1 is 1.11 bits per heavy atom. The number of methoxy groups -OCH3 is 2. The third-order valence-corrected chi connectivity index (χ3v) is 6.25. The average molecular weight is 399 g/mol. The largest absolute Gasteiger partial charge is 0.493 e. The zero-order chi connectivity index (χ0) is 18.8. The second-order valence-corrected chi connectivity index (χ2v) is 7.85. The second-order valence-electron chi connectivity index (χ2n) is 5.85. The number of hydrogen-bond acceptors (Lipinski definition) is 6. The lowest BCUT2D eigenvalue weighted by molar-refractivity contribution is 0.0983. The van der Waals surface area contributed by atoms with E-state index < -0.39 is 0 Å². The second kappa shape index (κ2) is 7.62. The van der Waals surface area contributed by atoms with Crippen molar-refractivity contribution in [3.8, 4) is 22.1 Å². The van der Waals surface area contributed by atoms with Crippen molar-refractivity contribution in [2.75, 3.05) is 31.4 Å². The number of amides is 1. The average Bonchev–Trinajstić information content (AvgIpc) is 3.22. The molecule has 0 atom stereocenters. The van der Waals surface area contributed by atoms with Crippen LogP contribution in [0, 0.1) is 0 Å². The number of benzene rings is 2. The summed E-state index contributed by atoms with van der Waals surface area (Å²) in [4.78, 5) is 20.6. The van der Waals surface area contributed by atoms with Crippen molar-refractivity contribution in [1.29, 1.82) is 0 Å². The van der Waals surface area contributed by atoms with Crippen LogP contribution in [0.3, 0.4) is 0 Å². The number of anilines is 1. The van der Waals surface area contributed by atoms with Crippen LogP contribution in [-0.4, -0.2) is 37.4 Å². The highest BCUT2D eigenvalue weighted by Crippen LogP contribution is 2.40. The monoisotopic (exact) mass is 398 g/mol. The summed E-state index contributed by atoms with van der Waals surface area (Å²) in [5, 5.41) is 2.54. The topological polar surface area (TPSA) is 51.7 Å². The van der Waals surface area contributed by atoms with Gasteiger partial charge in [0.15, 0.2) is 11.5 Å². The normalized spacial score (nSPS) is 13.2. The maximum atomic E-state index is 13.1. The molecule has 0 bridgehead atoms. The standard InChI is InChI=1S/C20H18N2O3S2/c1-24-16-8-5-6-13(18(16)25-2)19-21-14(12-27-19)20(23)22-10-11-26-17-9-4-3-7-15(17)22/h3-9,12H,10-11H2,1-2H3. The minimum absolute atomic E-state index is 0.0767. The van der Waals surface area contributed by atoms with E-state index in [-0.39, 0.29) is 5.91 Å². The number of ether oxygens (including phenoxy) is 2. The van der Waals surface area contributed by atoms with Gasteiger partial charge in [-0.1, -0.05) is 18.2 Å². The van der Waals surface area contributed by atoms with E-state index >= 15 is 0 Å². The summed E-state index contributed by atoms with van der Waals surface area (Å²) in [6.45, 7) is 0.676. The Morgan fingerprint density at radius 2 is 1.96 bits per heavy atom. The van der Waals surface area contributed by atoms with Gasteiger partial charge in [-0.2, -0.15) is 0 Å². The lowest BCUT2D eigenvalue weighted by Gasteiger charge is -2.28. The van der Waals surface area contributed by atoms with Gasteiger partial charge in [-0.25, -0.2) is 4.98 Å². The van der Waals surface area contributed by atoms with Gasteiger partial charge in [0.2, 0.25) is 0 Å². The lowest BCUT2D eigenvalue weighted by Crippen LogP contribution is -2.35. The van der Waals surface area contributed by atoms with Crippen LogP contribution in [0.4, 0.5) is 5.69 Å². The first-order valence-corrected chi connectivity index (χ1v) is 10.3. The number of nitrogens with zero attached hydrogens (tertiary/aromatic N) is 2. The molecule has 3 aromatic rings. The molecule has 1 aromatic heterocycles. The SMILES string of the molecule is COc1cccc(-c2nc(C(=O)N3CCSc4ccccc43)cs2)c1OC. The zero-order valence-electron chi connectivity index (χ0n) is 15.0. The van der Waals surface area contributed by atoms with Crippen LogP contribution in [0.15, 0.2) is 52.7 Å². The molecule has 1 aliphatic rings. The van der Waals surface area contributed by atoms with Crippen molar-refractivity contribution in [3.05, 3.63) is 53.5 Å². The number of para-hydroxylation sites is 2. The molecule has 27 heavy (non-hydrogen) atoms. The molecule has 0 aliphatic carbocycles. The fraction of sp³-hybridized carbons (Fsp3) is 0.200.